The predicted molar refractivity (Wildman–Crippen MR) is 73.7 cm³/mol. The average Bonchev–Trinajstić information content (AvgIpc) is 2.39. The van der Waals surface area contributed by atoms with E-state index in [1.807, 2.05) is 30.5 Å². The summed E-state index contributed by atoms with van der Waals surface area (Å²) in [6, 6.07) is 7.95. The maximum atomic E-state index is 5.62. The molecule has 0 aliphatic heterocycles. The van der Waals surface area contributed by atoms with Crippen LogP contribution in [0.5, 0.6) is 0 Å². The van der Waals surface area contributed by atoms with Crippen molar-refractivity contribution in [2.75, 3.05) is 0 Å². The van der Waals surface area contributed by atoms with Crippen LogP contribution in [0.2, 0.25) is 0 Å². The first-order chi connectivity index (χ1) is 8.70. The quantitative estimate of drug-likeness (QED) is 0.626. The van der Waals surface area contributed by atoms with E-state index < -0.39 is 0 Å². The Morgan fingerprint density at radius 2 is 1.89 bits per heavy atom. The highest BCUT2D eigenvalue weighted by Crippen LogP contribution is 2.19. The molecule has 2 rings (SSSR count). The van der Waals surface area contributed by atoms with Gasteiger partial charge in [0.1, 0.15) is 0 Å². The molecule has 1 aromatic heterocycles. The Bertz CT molecular complexity index is 510. The van der Waals surface area contributed by atoms with Crippen molar-refractivity contribution in [3.05, 3.63) is 36.2 Å². The number of nitrogens with zero attached hydrogens (tertiary/aromatic N) is 2. The van der Waals surface area contributed by atoms with Crippen molar-refractivity contribution in [3.8, 4) is 0 Å². The SMILES string of the molecule is CC(C)CCC(NN)c1cnc2ccccc2n1. The van der Waals surface area contributed by atoms with Gasteiger partial charge in [-0.1, -0.05) is 26.0 Å². The van der Waals surface area contributed by atoms with Gasteiger partial charge in [0, 0.05) is 0 Å². The molecule has 0 fully saturated rings. The van der Waals surface area contributed by atoms with Gasteiger partial charge in [0.15, 0.2) is 0 Å². The Morgan fingerprint density at radius 3 is 2.56 bits per heavy atom. The summed E-state index contributed by atoms with van der Waals surface area (Å²) in [6.07, 6.45) is 3.90. The molecule has 0 aliphatic carbocycles. The van der Waals surface area contributed by atoms with Crippen LogP contribution in [-0.2, 0) is 0 Å². The standard InChI is InChI=1S/C14H20N4/c1-10(2)7-8-13(18-15)14-9-16-11-5-3-4-6-12(11)17-14/h3-6,9-10,13,18H,7-8,15H2,1-2H3. The fourth-order valence-electron chi connectivity index (χ4n) is 1.96. The summed E-state index contributed by atoms with van der Waals surface area (Å²) in [7, 11) is 0. The summed E-state index contributed by atoms with van der Waals surface area (Å²) in [4.78, 5) is 9.04. The van der Waals surface area contributed by atoms with E-state index in [0.717, 1.165) is 29.6 Å². The molecule has 0 saturated heterocycles. The van der Waals surface area contributed by atoms with Crippen LogP contribution < -0.4 is 11.3 Å². The zero-order valence-corrected chi connectivity index (χ0v) is 10.9. The fourth-order valence-corrected chi connectivity index (χ4v) is 1.96. The van der Waals surface area contributed by atoms with Gasteiger partial charge >= 0.3 is 0 Å². The lowest BCUT2D eigenvalue weighted by molar-refractivity contribution is 0.441. The number of aromatic nitrogens is 2. The lowest BCUT2D eigenvalue weighted by Crippen LogP contribution is -2.29. The van der Waals surface area contributed by atoms with Crippen molar-refractivity contribution in [2.24, 2.45) is 11.8 Å². The summed E-state index contributed by atoms with van der Waals surface area (Å²) in [5, 5.41) is 0. The molecule has 0 saturated carbocycles. The number of rotatable bonds is 5. The second-order valence-electron chi connectivity index (χ2n) is 4.97. The van der Waals surface area contributed by atoms with Crippen LogP contribution in [0.3, 0.4) is 0 Å². The topological polar surface area (TPSA) is 63.8 Å². The zero-order valence-electron chi connectivity index (χ0n) is 10.9. The molecule has 2 aromatic rings. The molecule has 96 valence electrons. The van der Waals surface area contributed by atoms with Crippen LogP contribution in [-0.4, -0.2) is 9.97 Å². The highest BCUT2D eigenvalue weighted by molar-refractivity contribution is 5.73. The fraction of sp³-hybridized carbons (Fsp3) is 0.429. The van der Waals surface area contributed by atoms with E-state index in [-0.39, 0.29) is 6.04 Å². The first-order valence-electron chi connectivity index (χ1n) is 6.38. The highest BCUT2D eigenvalue weighted by Gasteiger charge is 2.12. The summed E-state index contributed by atoms with van der Waals surface area (Å²) in [6.45, 7) is 4.42. The third kappa shape index (κ3) is 3.03. The molecular formula is C14H20N4. The average molecular weight is 244 g/mol. The van der Waals surface area contributed by atoms with Gasteiger partial charge in [-0.3, -0.25) is 16.3 Å². The molecule has 18 heavy (non-hydrogen) atoms. The van der Waals surface area contributed by atoms with Crippen molar-refractivity contribution in [2.45, 2.75) is 32.7 Å². The smallest absolute Gasteiger partial charge is 0.0890 e. The monoisotopic (exact) mass is 244 g/mol. The Labute approximate surface area is 108 Å². The van der Waals surface area contributed by atoms with E-state index in [1.165, 1.54) is 0 Å². The molecule has 4 nitrogen and oxygen atoms in total. The van der Waals surface area contributed by atoms with Crippen LogP contribution in [0.4, 0.5) is 0 Å². The third-order valence-electron chi connectivity index (χ3n) is 3.06. The van der Waals surface area contributed by atoms with Gasteiger partial charge in [0.05, 0.1) is 29.0 Å². The molecule has 1 unspecified atom stereocenters. The third-order valence-corrected chi connectivity index (χ3v) is 3.06. The first-order valence-corrected chi connectivity index (χ1v) is 6.38. The molecule has 0 aliphatic rings. The molecular weight excluding hydrogens is 224 g/mol. The van der Waals surface area contributed by atoms with Crippen molar-refractivity contribution < 1.29 is 0 Å². The van der Waals surface area contributed by atoms with Crippen molar-refractivity contribution in [1.82, 2.24) is 15.4 Å². The maximum absolute atomic E-state index is 5.62. The number of hydrazine groups is 1. The maximum Gasteiger partial charge on any atom is 0.0890 e. The number of nitrogens with one attached hydrogen (secondary N) is 1. The van der Waals surface area contributed by atoms with Crippen molar-refractivity contribution >= 4 is 11.0 Å². The van der Waals surface area contributed by atoms with Gasteiger partial charge in [0.25, 0.3) is 0 Å². The van der Waals surface area contributed by atoms with Crippen LogP contribution in [0, 0.1) is 5.92 Å². The van der Waals surface area contributed by atoms with Crippen molar-refractivity contribution in [1.29, 1.82) is 0 Å². The predicted octanol–water partition coefficient (Wildman–Crippen LogP) is 2.57. The largest absolute Gasteiger partial charge is 0.271 e. The molecule has 1 heterocycles. The van der Waals surface area contributed by atoms with Gasteiger partial charge in [0.2, 0.25) is 0 Å². The van der Waals surface area contributed by atoms with Crippen molar-refractivity contribution in [3.63, 3.8) is 0 Å². The molecule has 0 spiro atoms. The lowest BCUT2D eigenvalue weighted by atomic mass is 10.0. The van der Waals surface area contributed by atoms with Crippen LogP contribution >= 0.6 is 0 Å². The summed E-state index contributed by atoms with van der Waals surface area (Å²) < 4.78 is 0. The van der Waals surface area contributed by atoms with E-state index in [4.69, 9.17) is 5.84 Å². The highest BCUT2D eigenvalue weighted by atomic mass is 15.2. The van der Waals surface area contributed by atoms with E-state index in [9.17, 15) is 0 Å². The number of benzene rings is 1. The number of para-hydroxylation sites is 2. The van der Waals surface area contributed by atoms with E-state index in [2.05, 4.69) is 29.2 Å². The molecule has 1 aromatic carbocycles. The van der Waals surface area contributed by atoms with E-state index >= 15 is 0 Å². The van der Waals surface area contributed by atoms with Crippen LogP contribution in [0.25, 0.3) is 11.0 Å². The molecule has 1 atom stereocenters. The molecule has 3 N–H and O–H groups in total. The normalized spacial score (nSPS) is 13.1. The molecule has 4 heteroatoms. The number of nitrogens with two attached hydrogens (primary N) is 1. The van der Waals surface area contributed by atoms with Gasteiger partial charge in [-0.2, -0.15) is 0 Å². The minimum Gasteiger partial charge on any atom is -0.271 e. The Morgan fingerprint density at radius 1 is 1.17 bits per heavy atom. The Hall–Kier alpha value is -1.52. The number of hydrogen-bond acceptors (Lipinski definition) is 4. The molecule has 0 bridgehead atoms. The van der Waals surface area contributed by atoms with Gasteiger partial charge in [-0.25, -0.2) is 4.98 Å². The zero-order chi connectivity index (χ0) is 13.0. The summed E-state index contributed by atoms with van der Waals surface area (Å²) in [5.41, 5.74) is 5.58. The lowest BCUT2D eigenvalue weighted by Gasteiger charge is -2.16. The Kier molecular flexibility index (Phi) is 4.23. The van der Waals surface area contributed by atoms with E-state index in [1.54, 1.807) is 0 Å². The minimum atomic E-state index is 0.0736. The number of hydrogen-bond donors (Lipinski definition) is 2. The molecule has 0 amide bonds. The minimum absolute atomic E-state index is 0.0736. The first kappa shape index (κ1) is 12.9. The summed E-state index contributed by atoms with van der Waals surface area (Å²) in [5.74, 6) is 6.28. The van der Waals surface area contributed by atoms with Crippen LogP contribution in [0.1, 0.15) is 38.4 Å². The van der Waals surface area contributed by atoms with E-state index in [0.29, 0.717) is 5.92 Å². The summed E-state index contributed by atoms with van der Waals surface area (Å²) >= 11 is 0. The molecule has 0 radical (unpaired) electrons. The van der Waals surface area contributed by atoms with Gasteiger partial charge < -0.3 is 0 Å². The van der Waals surface area contributed by atoms with Gasteiger partial charge in [-0.15, -0.1) is 0 Å². The second kappa shape index (κ2) is 5.89. The number of fused-ring (bicyclic) bond motifs is 1. The Balaban J connectivity index is 2.22. The second-order valence-corrected chi connectivity index (χ2v) is 4.97. The van der Waals surface area contributed by atoms with Crippen LogP contribution in [0.15, 0.2) is 30.5 Å². The van der Waals surface area contributed by atoms with Gasteiger partial charge in [-0.05, 0) is 30.9 Å².